The molecule has 2 N–H and O–H groups in total. The van der Waals surface area contributed by atoms with Crippen LogP contribution >= 0.6 is 23.4 Å². The summed E-state index contributed by atoms with van der Waals surface area (Å²) in [7, 11) is 0. The second-order valence-corrected chi connectivity index (χ2v) is 8.13. The third kappa shape index (κ3) is 4.44. The first-order valence-corrected chi connectivity index (χ1v) is 10.1. The van der Waals surface area contributed by atoms with Crippen LogP contribution in [0.5, 0.6) is 0 Å². The number of carbonyl (C=O) groups is 2. The summed E-state index contributed by atoms with van der Waals surface area (Å²) in [6.45, 7) is 4.32. The van der Waals surface area contributed by atoms with E-state index in [0.29, 0.717) is 16.7 Å². The largest absolute Gasteiger partial charge is 0.369 e. The summed E-state index contributed by atoms with van der Waals surface area (Å²) >= 11 is 7.52. The highest BCUT2D eigenvalue weighted by atomic mass is 35.5. The average molecular weight is 408 g/mol. The molecule has 9 heteroatoms. The average Bonchev–Trinajstić information content (AvgIpc) is 3.10. The van der Waals surface area contributed by atoms with E-state index < -0.39 is 0 Å². The quantitative estimate of drug-likeness (QED) is 0.768. The molecule has 0 spiro atoms. The van der Waals surface area contributed by atoms with Crippen molar-refractivity contribution in [3.63, 3.8) is 0 Å². The number of nitrogens with two attached hydrogens (primary N) is 1. The molecule has 1 aromatic heterocycles. The topological polar surface area (TPSA) is 94.1 Å². The van der Waals surface area contributed by atoms with Crippen LogP contribution in [0.1, 0.15) is 25.3 Å². The van der Waals surface area contributed by atoms with Crippen molar-refractivity contribution < 1.29 is 9.59 Å². The van der Waals surface area contributed by atoms with Crippen molar-refractivity contribution in [3.05, 3.63) is 35.1 Å². The van der Waals surface area contributed by atoms with Crippen LogP contribution < -0.4 is 5.73 Å². The molecule has 0 saturated carbocycles. The number of aromatic nitrogens is 3. The molecule has 144 valence electrons. The molecule has 1 fully saturated rings. The minimum atomic E-state index is -0.344. The predicted molar refractivity (Wildman–Crippen MR) is 105 cm³/mol. The van der Waals surface area contributed by atoms with Crippen LogP contribution in [0.3, 0.4) is 0 Å². The molecule has 2 unspecified atom stereocenters. The maximum absolute atomic E-state index is 12.7. The first kappa shape index (κ1) is 19.7. The molecule has 2 amide bonds. The van der Waals surface area contributed by atoms with Crippen molar-refractivity contribution in [3.8, 4) is 5.69 Å². The van der Waals surface area contributed by atoms with Gasteiger partial charge in [-0.25, -0.2) is 0 Å². The molecule has 2 atom stereocenters. The second kappa shape index (κ2) is 8.31. The van der Waals surface area contributed by atoms with E-state index in [1.807, 2.05) is 32.0 Å². The summed E-state index contributed by atoms with van der Waals surface area (Å²) in [4.78, 5) is 25.9. The van der Waals surface area contributed by atoms with Gasteiger partial charge in [-0.3, -0.25) is 14.2 Å². The zero-order valence-corrected chi connectivity index (χ0v) is 16.8. The highest BCUT2D eigenvalue weighted by Gasteiger charge is 2.31. The molecule has 3 rings (SSSR count). The summed E-state index contributed by atoms with van der Waals surface area (Å²) < 4.78 is 1.80. The van der Waals surface area contributed by atoms with E-state index in [1.165, 1.54) is 11.8 Å². The first-order valence-electron chi connectivity index (χ1n) is 8.75. The van der Waals surface area contributed by atoms with Gasteiger partial charge in [0.1, 0.15) is 6.33 Å². The van der Waals surface area contributed by atoms with Crippen molar-refractivity contribution in [1.29, 1.82) is 0 Å². The van der Waals surface area contributed by atoms with Gasteiger partial charge in [0.05, 0.1) is 17.4 Å². The van der Waals surface area contributed by atoms with Crippen molar-refractivity contribution >= 4 is 35.2 Å². The molecule has 7 nitrogen and oxygen atoms in total. The molecule has 27 heavy (non-hydrogen) atoms. The van der Waals surface area contributed by atoms with Gasteiger partial charge < -0.3 is 10.6 Å². The Morgan fingerprint density at radius 2 is 2.15 bits per heavy atom. The van der Waals surface area contributed by atoms with Crippen molar-refractivity contribution in [2.75, 3.05) is 12.3 Å². The third-order valence-electron chi connectivity index (χ3n) is 4.88. The van der Waals surface area contributed by atoms with Crippen LogP contribution in [-0.2, 0) is 9.59 Å². The lowest BCUT2D eigenvalue weighted by Gasteiger charge is -2.36. The van der Waals surface area contributed by atoms with Gasteiger partial charge in [-0.15, -0.1) is 10.2 Å². The molecular weight excluding hydrogens is 386 g/mol. The number of amides is 2. The number of hydrogen-bond acceptors (Lipinski definition) is 5. The Balaban J connectivity index is 1.68. The number of hydrogen-bond donors (Lipinski definition) is 1. The van der Waals surface area contributed by atoms with Crippen molar-refractivity contribution in [1.82, 2.24) is 19.7 Å². The maximum atomic E-state index is 12.7. The predicted octanol–water partition coefficient (Wildman–Crippen LogP) is 2.43. The number of thioether (sulfide) groups is 1. The summed E-state index contributed by atoms with van der Waals surface area (Å²) in [6.07, 6.45) is 3.11. The lowest BCUT2D eigenvalue weighted by Crippen LogP contribution is -2.49. The Morgan fingerprint density at radius 1 is 1.37 bits per heavy atom. The number of nitrogens with zero attached hydrogens (tertiary/aromatic N) is 4. The molecule has 0 bridgehead atoms. The minimum Gasteiger partial charge on any atom is -0.369 e. The number of benzene rings is 1. The number of carbonyl (C=O) groups excluding carboxylic acids is 2. The van der Waals surface area contributed by atoms with Crippen LogP contribution in [0, 0.1) is 12.8 Å². The monoisotopic (exact) mass is 407 g/mol. The number of aryl methyl sites for hydroxylation is 1. The van der Waals surface area contributed by atoms with Gasteiger partial charge in [0.25, 0.3) is 0 Å². The summed E-state index contributed by atoms with van der Waals surface area (Å²) in [5, 5.41) is 9.34. The van der Waals surface area contributed by atoms with Crippen molar-refractivity contribution in [2.45, 2.75) is 37.9 Å². The number of likely N-dealkylation sites (tertiary alicyclic amines) is 1. The van der Waals surface area contributed by atoms with E-state index in [4.69, 9.17) is 17.3 Å². The van der Waals surface area contributed by atoms with Crippen molar-refractivity contribution in [2.24, 2.45) is 11.7 Å². The molecule has 2 heterocycles. The van der Waals surface area contributed by atoms with Gasteiger partial charge in [-0.2, -0.15) is 0 Å². The van der Waals surface area contributed by atoms with Crippen LogP contribution in [0.4, 0.5) is 0 Å². The number of piperidine rings is 1. The Hall–Kier alpha value is -2.06. The van der Waals surface area contributed by atoms with Crippen LogP contribution in [0.25, 0.3) is 5.69 Å². The van der Waals surface area contributed by atoms with Crippen LogP contribution in [0.15, 0.2) is 29.7 Å². The van der Waals surface area contributed by atoms with E-state index in [0.717, 1.165) is 24.1 Å². The highest BCUT2D eigenvalue weighted by molar-refractivity contribution is 7.99. The van der Waals surface area contributed by atoms with Gasteiger partial charge in [-0.05, 0) is 44.4 Å². The summed E-state index contributed by atoms with van der Waals surface area (Å²) in [5.74, 6) is -0.430. The van der Waals surface area contributed by atoms with Crippen LogP contribution in [-0.4, -0.2) is 49.8 Å². The Morgan fingerprint density at radius 3 is 2.85 bits per heavy atom. The van der Waals surface area contributed by atoms with E-state index in [-0.39, 0.29) is 29.5 Å². The normalized spacial score (nSPS) is 19.9. The molecule has 2 aromatic rings. The van der Waals surface area contributed by atoms with E-state index in [1.54, 1.807) is 15.8 Å². The smallest absolute Gasteiger partial charge is 0.233 e. The SMILES string of the molecule is Cc1ccc(-n2cnnc2SCC(=O)N2CC(C(N)=O)CCC2C)cc1Cl. The standard InChI is InChI=1S/C18H22ClN5O2S/c1-11-3-6-14(7-15(11)19)24-10-21-22-18(24)27-9-16(25)23-8-13(17(20)26)5-4-12(23)2/h3,6-7,10,12-13H,4-5,8-9H2,1-2H3,(H2,20,26). The van der Waals surface area contributed by atoms with Gasteiger partial charge in [0, 0.05) is 17.6 Å². The van der Waals surface area contributed by atoms with Gasteiger partial charge in [0.15, 0.2) is 5.16 Å². The van der Waals surface area contributed by atoms with E-state index in [2.05, 4.69) is 10.2 Å². The van der Waals surface area contributed by atoms with E-state index in [9.17, 15) is 9.59 Å². The van der Waals surface area contributed by atoms with Crippen LogP contribution in [0.2, 0.25) is 5.02 Å². The Labute approximate surface area is 167 Å². The molecular formula is C18H22ClN5O2S. The summed E-state index contributed by atoms with van der Waals surface area (Å²) in [6, 6.07) is 5.80. The molecule has 1 aromatic carbocycles. The Kier molecular flexibility index (Phi) is 6.06. The number of primary amides is 1. The molecule has 0 aliphatic carbocycles. The third-order valence-corrected chi connectivity index (χ3v) is 6.21. The molecule has 1 aliphatic rings. The van der Waals surface area contributed by atoms with Gasteiger partial charge in [0.2, 0.25) is 11.8 Å². The molecule has 0 radical (unpaired) electrons. The fourth-order valence-corrected chi connectivity index (χ4v) is 4.12. The molecule has 1 saturated heterocycles. The first-order chi connectivity index (χ1) is 12.9. The zero-order chi connectivity index (χ0) is 19.6. The Bertz CT molecular complexity index is 856. The summed E-state index contributed by atoms with van der Waals surface area (Å²) in [5.41, 5.74) is 7.24. The maximum Gasteiger partial charge on any atom is 0.233 e. The fourth-order valence-electron chi connectivity index (χ4n) is 3.13. The number of rotatable bonds is 5. The number of halogens is 1. The van der Waals surface area contributed by atoms with Gasteiger partial charge in [-0.1, -0.05) is 29.4 Å². The van der Waals surface area contributed by atoms with E-state index >= 15 is 0 Å². The van der Waals surface area contributed by atoms with Gasteiger partial charge >= 0.3 is 0 Å². The minimum absolute atomic E-state index is 0.0325. The zero-order valence-electron chi connectivity index (χ0n) is 15.3. The molecule has 1 aliphatic heterocycles. The lowest BCUT2D eigenvalue weighted by atomic mass is 9.93. The second-order valence-electron chi connectivity index (χ2n) is 6.78. The lowest BCUT2D eigenvalue weighted by molar-refractivity contribution is -0.135. The fraction of sp³-hybridized carbons (Fsp3) is 0.444. The highest BCUT2D eigenvalue weighted by Crippen LogP contribution is 2.26.